The van der Waals surface area contributed by atoms with Crippen LogP contribution in [0.2, 0.25) is 0 Å². The van der Waals surface area contributed by atoms with Crippen molar-refractivity contribution in [1.29, 1.82) is 0 Å². The maximum absolute atomic E-state index is 14.5. The third-order valence-corrected chi connectivity index (χ3v) is 5.40. The molecule has 2 aromatic rings. The lowest BCUT2D eigenvalue weighted by atomic mass is 9.87. The zero-order valence-electron chi connectivity index (χ0n) is 17.3. The Kier molecular flexibility index (Phi) is 8.45. The van der Waals surface area contributed by atoms with Crippen LogP contribution in [0.5, 0.6) is 5.75 Å². The van der Waals surface area contributed by atoms with Crippen molar-refractivity contribution >= 4 is 24.4 Å². The molecule has 1 aliphatic heterocycles. The molecule has 0 spiro atoms. The Morgan fingerprint density at radius 1 is 1.21 bits per heavy atom. The molecule has 2 aromatic carbocycles. The van der Waals surface area contributed by atoms with Crippen molar-refractivity contribution in [2.45, 2.75) is 46.1 Å². The smallest absolute Gasteiger partial charge is 0.165 e. The van der Waals surface area contributed by atoms with Crippen molar-refractivity contribution in [3.05, 3.63) is 52.8 Å². The molecule has 0 N–H and O–H groups in total. The Hall–Kier alpha value is -2.13. The van der Waals surface area contributed by atoms with Gasteiger partial charge in [0.1, 0.15) is 12.5 Å². The van der Waals surface area contributed by atoms with Crippen LogP contribution < -0.4 is 4.74 Å². The monoisotopic (exact) mass is 417 g/mol. The first-order valence-electron chi connectivity index (χ1n) is 10.1. The van der Waals surface area contributed by atoms with Gasteiger partial charge in [0.05, 0.1) is 0 Å². The van der Waals surface area contributed by atoms with Crippen molar-refractivity contribution < 1.29 is 13.9 Å². The van der Waals surface area contributed by atoms with Crippen LogP contribution in [0, 0.1) is 12.7 Å². The fourth-order valence-corrected chi connectivity index (χ4v) is 4.19. The van der Waals surface area contributed by atoms with E-state index in [2.05, 4.69) is 18.7 Å². The zero-order chi connectivity index (χ0) is 20.1. The summed E-state index contributed by atoms with van der Waals surface area (Å²) in [6, 6.07) is 9.32. The first-order chi connectivity index (χ1) is 13.6. The molecular weight excluding hydrogens is 389 g/mol. The standard InChI is InChI=1S/C24H28FNO2.ClH/c1-4-12-26(13-5-2)19-15-21-20(9-10-22(25)24(21)28-16-19)23-17(3)7-6-8-18(23)11-14-27;/h6-11,19H,4-5,12-13,15-16H2,1-3H3;1H/t19-;/m1./s1. The van der Waals surface area contributed by atoms with E-state index >= 15 is 0 Å². The Bertz CT molecular complexity index is 887. The fourth-order valence-electron chi connectivity index (χ4n) is 4.19. The second kappa shape index (κ2) is 10.6. The van der Waals surface area contributed by atoms with E-state index in [1.807, 2.05) is 37.1 Å². The Morgan fingerprint density at radius 2 is 1.93 bits per heavy atom. The van der Waals surface area contributed by atoms with Crippen LogP contribution in [0.15, 0.2) is 30.3 Å². The van der Waals surface area contributed by atoms with E-state index in [0.29, 0.717) is 12.4 Å². The molecule has 3 nitrogen and oxygen atoms in total. The second-order valence-electron chi connectivity index (χ2n) is 7.41. The summed E-state index contributed by atoms with van der Waals surface area (Å²) in [6.45, 7) is 8.88. The number of rotatable bonds is 7. The summed E-state index contributed by atoms with van der Waals surface area (Å²) in [7, 11) is 0. The van der Waals surface area contributed by atoms with Gasteiger partial charge in [-0.1, -0.05) is 38.1 Å². The fraction of sp³-hybridized carbons (Fsp3) is 0.417. The van der Waals surface area contributed by atoms with E-state index in [1.54, 1.807) is 0 Å². The summed E-state index contributed by atoms with van der Waals surface area (Å²) >= 11 is 0. The highest BCUT2D eigenvalue weighted by atomic mass is 35.5. The molecule has 0 aliphatic carbocycles. The number of fused-ring (bicyclic) bond motifs is 1. The molecule has 0 bridgehead atoms. The van der Waals surface area contributed by atoms with Gasteiger partial charge in [0.2, 0.25) is 0 Å². The molecule has 0 fully saturated rings. The topological polar surface area (TPSA) is 29.5 Å². The van der Waals surface area contributed by atoms with E-state index in [1.165, 1.54) is 12.1 Å². The van der Waals surface area contributed by atoms with Gasteiger partial charge in [-0.2, -0.15) is 0 Å². The highest BCUT2D eigenvalue weighted by molar-refractivity contribution is 5.87. The average Bonchev–Trinajstić information content (AvgIpc) is 2.69. The van der Waals surface area contributed by atoms with Crippen LogP contribution in [0.4, 0.5) is 4.39 Å². The van der Waals surface area contributed by atoms with Gasteiger partial charge in [-0.05, 0) is 67.6 Å². The van der Waals surface area contributed by atoms with Crippen molar-refractivity contribution in [3.63, 3.8) is 0 Å². The molecule has 156 valence electrons. The second-order valence-corrected chi connectivity index (χ2v) is 7.41. The number of hydrogen-bond donors (Lipinski definition) is 0. The van der Waals surface area contributed by atoms with Gasteiger partial charge in [-0.25, -0.2) is 9.18 Å². The van der Waals surface area contributed by atoms with Crippen LogP contribution in [0.3, 0.4) is 0 Å². The Labute approximate surface area is 179 Å². The predicted octanol–water partition coefficient (Wildman–Crippen LogP) is 5.49. The summed E-state index contributed by atoms with van der Waals surface area (Å²) < 4.78 is 20.5. The van der Waals surface area contributed by atoms with E-state index in [0.717, 1.165) is 60.2 Å². The molecule has 0 saturated carbocycles. The third-order valence-electron chi connectivity index (χ3n) is 5.40. The first-order valence-corrected chi connectivity index (χ1v) is 10.1. The molecule has 5 heteroatoms. The van der Waals surface area contributed by atoms with Gasteiger partial charge in [-0.3, -0.25) is 4.90 Å². The molecule has 1 atom stereocenters. The number of aryl methyl sites for hydroxylation is 1. The van der Waals surface area contributed by atoms with E-state index in [4.69, 9.17) is 4.74 Å². The normalized spacial score (nSPS) is 15.1. The molecule has 0 radical (unpaired) electrons. The van der Waals surface area contributed by atoms with Gasteiger partial charge in [0, 0.05) is 17.7 Å². The molecule has 0 aromatic heterocycles. The summed E-state index contributed by atoms with van der Waals surface area (Å²) in [5, 5.41) is 0. The Balaban J connectivity index is 0.00000300. The SMILES string of the molecule is CCCN(CCC)[C@H]1COc2c(F)ccc(-c3c(C)cccc3C=C=O)c2C1.Cl. The molecule has 1 heterocycles. The number of benzene rings is 2. The van der Waals surface area contributed by atoms with Gasteiger partial charge in [0.25, 0.3) is 0 Å². The molecule has 0 unspecified atom stereocenters. The molecule has 3 rings (SSSR count). The third kappa shape index (κ3) is 4.90. The lowest BCUT2D eigenvalue weighted by Gasteiger charge is -2.36. The van der Waals surface area contributed by atoms with Gasteiger partial charge < -0.3 is 4.74 Å². The highest BCUT2D eigenvalue weighted by Crippen LogP contribution is 2.40. The van der Waals surface area contributed by atoms with E-state index in [-0.39, 0.29) is 24.3 Å². The minimum atomic E-state index is -0.323. The van der Waals surface area contributed by atoms with Gasteiger partial charge >= 0.3 is 0 Å². The Morgan fingerprint density at radius 3 is 2.59 bits per heavy atom. The summed E-state index contributed by atoms with van der Waals surface area (Å²) in [5.74, 6) is 1.91. The van der Waals surface area contributed by atoms with Crippen molar-refractivity contribution in [2.75, 3.05) is 19.7 Å². The number of hydrogen-bond acceptors (Lipinski definition) is 3. The number of halogens is 2. The van der Waals surface area contributed by atoms with Crippen molar-refractivity contribution in [2.24, 2.45) is 0 Å². The lowest BCUT2D eigenvalue weighted by Crippen LogP contribution is -2.44. The molecule has 0 saturated heterocycles. The highest BCUT2D eigenvalue weighted by Gasteiger charge is 2.29. The molecule has 0 amide bonds. The van der Waals surface area contributed by atoms with Gasteiger partial charge in [-0.15, -0.1) is 12.4 Å². The average molecular weight is 418 g/mol. The molecular formula is C24H29ClFNO2. The quantitative estimate of drug-likeness (QED) is 0.557. The van der Waals surface area contributed by atoms with E-state index in [9.17, 15) is 9.18 Å². The zero-order valence-corrected chi connectivity index (χ0v) is 18.2. The van der Waals surface area contributed by atoms with Crippen LogP contribution in [0.25, 0.3) is 17.2 Å². The number of carbonyl (C=O) groups excluding carboxylic acids is 1. The minimum Gasteiger partial charge on any atom is -0.489 e. The van der Waals surface area contributed by atoms with Crippen molar-refractivity contribution in [1.82, 2.24) is 4.90 Å². The first kappa shape index (κ1) is 23.2. The van der Waals surface area contributed by atoms with Crippen LogP contribution >= 0.6 is 12.4 Å². The molecule has 1 aliphatic rings. The predicted molar refractivity (Wildman–Crippen MR) is 119 cm³/mol. The van der Waals surface area contributed by atoms with Crippen molar-refractivity contribution in [3.8, 4) is 16.9 Å². The number of nitrogens with zero attached hydrogens (tertiary/aromatic N) is 1. The maximum atomic E-state index is 14.5. The van der Waals surface area contributed by atoms with E-state index < -0.39 is 0 Å². The summed E-state index contributed by atoms with van der Waals surface area (Å²) in [6.07, 6.45) is 4.33. The summed E-state index contributed by atoms with van der Waals surface area (Å²) in [4.78, 5) is 13.5. The number of ether oxygens (including phenoxy) is 1. The lowest BCUT2D eigenvalue weighted by molar-refractivity contribution is 0.116. The maximum Gasteiger partial charge on any atom is 0.165 e. The molecule has 29 heavy (non-hydrogen) atoms. The minimum absolute atomic E-state index is 0. The summed E-state index contributed by atoms with van der Waals surface area (Å²) in [5.41, 5.74) is 4.62. The van der Waals surface area contributed by atoms with Crippen LogP contribution in [-0.4, -0.2) is 36.6 Å². The largest absolute Gasteiger partial charge is 0.489 e. The van der Waals surface area contributed by atoms with Crippen LogP contribution in [-0.2, 0) is 11.2 Å². The van der Waals surface area contributed by atoms with Gasteiger partial charge in [0.15, 0.2) is 11.6 Å². The van der Waals surface area contributed by atoms with Crippen LogP contribution in [0.1, 0.15) is 43.4 Å².